The van der Waals surface area contributed by atoms with Crippen LogP contribution < -0.4 is 14.8 Å². The number of hydrogen-bond donors (Lipinski definition) is 2. The fraction of sp³-hybridized carbons (Fsp3) is 0.368. The van der Waals surface area contributed by atoms with Crippen molar-refractivity contribution in [3.05, 3.63) is 59.7 Å². The van der Waals surface area contributed by atoms with E-state index in [2.05, 4.69) is 24.4 Å². The first-order valence-corrected chi connectivity index (χ1v) is 8.15. The van der Waals surface area contributed by atoms with Gasteiger partial charge in [-0.2, -0.15) is 0 Å². The smallest absolute Gasteiger partial charge is 0.231 e. The highest BCUT2D eigenvalue weighted by Crippen LogP contribution is 2.32. The van der Waals surface area contributed by atoms with Crippen molar-refractivity contribution in [2.24, 2.45) is 0 Å². The van der Waals surface area contributed by atoms with Crippen LogP contribution in [0.4, 0.5) is 0 Å². The summed E-state index contributed by atoms with van der Waals surface area (Å²) in [4.78, 5) is 0. The molecule has 1 heterocycles. The maximum atomic E-state index is 10.0. The van der Waals surface area contributed by atoms with E-state index in [0.29, 0.717) is 13.2 Å². The molecular formula is C19H23NO4. The second-order valence-corrected chi connectivity index (χ2v) is 5.90. The molecule has 2 atom stereocenters. The van der Waals surface area contributed by atoms with Crippen molar-refractivity contribution in [2.75, 3.05) is 19.9 Å². The Kier molecular flexibility index (Phi) is 5.69. The Morgan fingerprint density at radius 1 is 1.12 bits per heavy atom. The first kappa shape index (κ1) is 16.8. The third-order valence-corrected chi connectivity index (χ3v) is 3.98. The van der Waals surface area contributed by atoms with Crippen LogP contribution in [0.3, 0.4) is 0 Å². The largest absolute Gasteiger partial charge is 0.454 e. The molecular weight excluding hydrogens is 306 g/mol. The van der Waals surface area contributed by atoms with Gasteiger partial charge in [0.1, 0.15) is 0 Å². The molecule has 0 unspecified atom stereocenters. The van der Waals surface area contributed by atoms with E-state index in [1.165, 1.54) is 5.56 Å². The van der Waals surface area contributed by atoms with Gasteiger partial charge in [-0.05, 0) is 30.2 Å². The summed E-state index contributed by atoms with van der Waals surface area (Å²) in [5, 5.41) is 13.4. The van der Waals surface area contributed by atoms with Gasteiger partial charge in [0, 0.05) is 12.6 Å². The lowest BCUT2D eigenvalue weighted by Crippen LogP contribution is -2.32. The average Bonchev–Trinajstić information content (AvgIpc) is 3.08. The third-order valence-electron chi connectivity index (χ3n) is 3.98. The van der Waals surface area contributed by atoms with Crippen molar-refractivity contribution in [1.29, 1.82) is 0 Å². The number of benzene rings is 2. The second kappa shape index (κ2) is 8.15. The van der Waals surface area contributed by atoms with Gasteiger partial charge in [-0.3, -0.25) is 0 Å². The first-order valence-electron chi connectivity index (χ1n) is 8.15. The minimum Gasteiger partial charge on any atom is -0.454 e. The Morgan fingerprint density at radius 3 is 2.75 bits per heavy atom. The first-order chi connectivity index (χ1) is 11.7. The zero-order valence-electron chi connectivity index (χ0n) is 13.8. The molecule has 1 aliphatic heterocycles. The van der Waals surface area contributed by atoms with Crippen LogP contribution in [0.25, 0.3) is 0 Å². The molecule has 0 aliphatic carbocycles. The van der Waals surface area contributed by atoms with E-state index in [9.17, 15) is 5.11 Å². The normalized spacial score (nSPS) is 15.2. The van der Waals surface area contributed by atoms with Gasteiger partial charge in [0.05, 0.1) is 19.3 Å². The number of nitrogens with one attached hydrogen (secondary N) is 1. The quantitative estimate of drug-likeness (QED) is 0.780. The maximum absolute atomic E-state index is 10.0. The van der Waals surface area contributed by atoms with Gasteiger partial charge in [-0.1, -0.05) is 36.4 Å². The molecule has 0 amide bonds. The third kappa shape index (κ3) is 4.47. The average molecular weight is 329 g/mol. The lowest BCUT2D eigenvalue weighted by molar-refractivity contribution is 0.0278. The minimum atomic E-state index is -0.551. The summed E-state index contributed by atoms with van der Waals surface area (Å²) in [6.45, 7) is 3.54. The molecule has 0 bridgehead atoms. The van der Waals surface area contributed by atoms with Crippen molar-refractivity contribution in [3.63, 3.8) is 0 Å². The summed E-state index contributed by atoms with van der Waals surface area (Å²) in [6.07, 6.45) is -0.551. The fourth-order valence-electron chi connectivity index (χ4n) is 2.57. The van der Waals surface area contributed by atoms with Gasteiger partial charge in [0.15, 0.2) is 11.5 Å². The number of ether oxygens (including phenoxy) is 3. The van der Waals surface area contributed by atoms with Crippen molar-refractivity contribution in [2.45, 2.75) is 25.7 Å². The molecule has 24 heavy (non-hydrogen) atoms. The molecule has 3 rings (SSSR count). The molecule has 0 radical (unpaired) electrons. The van der Waals surface area contributed by atoms with E-state index < -0.39 is 6.10 Å². The minimum absolute atomic E-state index is 0.190. The van der Waals surface area contributed by atoms with Crippen LogP contribution in [0, 0.1) is 0 Å². The van der Waals surface area contributed by atoms with E-state index in [1.54, 1.807) is 0 Å². The van der Waals surface area contributed by atoms with Crippen LogP contribution in [0.15, 0.2) is 48.5 Å². The molecule has 0 aromatic heterocycles. The van der Waals surface area contributed by atoms with Crippen LogP contribution in [-0.2, 0) is 11.3 Å². The number of hydrogen-bond acceptors (Lipinski definition) is 5. The van der Waals surface area contributed by atoms with Gasteiger partial charge in [-0.25, -0.2) is 0 Å². The summed E-state index contributed by atoms with van der Waals surface area (Å²) < 4.78 is 16.2. The molecule has 1 aliphatic rings. The highest BCUT2D eigenvalue weighted by molar-refractivity contribution is 5.44. The van der Waals surface area contributed by atoms with Crippen molar-refractivity contribution >= 4 is 0 Å². The van der Waals surface area contributed by atoms with Crippen LogP contribution in [0.5, 0.6) is 11.5 Å². The van der Waals surface area contributed by atoms with Crippen LogP contribution in [0.1, 0.15) is 24.1 Å². The lowest BCUT2D eigenvalue weighted by Gasteiger charge is -2.17. The van der Waals surface area contributed by atoms with Gasteiger partial charge >= 0.3 is 0 Å². The SMILES string of the molecule is C[C@H](NC[C@H](O)COCc1ccc2c(c1)OCO2)c1ccccc1. The van der Waals surface area contributed by atoms with Gasteiger partial charge in [-0.15, -0.1) is 0 Å². The molecule has 0 fully saturated rings. The van der Waals surface area contributed by atoms with Crippen LogP contribution >= 0.6 is 0 Å². The molecule has 2 aromatic carbocycles. The Labute approximate surface area is 142 Å². The number of aliphatic hydroxyl groups excluding tert-OH is 1. The van der Waals surface area contributed by atoms with E-state index in [1.807, 2.05) is 36.4 Å². The molecule has 2 aromatic rings. The monoisotopic (exact) mass is 329 g/mol. The molecule has 0 saturated heterocycles. The number of rotatable bonds is 8. The summed E-state index contributed by atoms with van der Waals surface area (Å²) in [6, 6.07) is 16.1. The Morgan fingerprint density at radius 2 is 1.92 bits per heavy atom. The summed E-state index contributed by atoms with van der Waals surface area (Å²) in [7, 11) is 0. The Balaban J connectivity index is 1.37. The van der Waals surface area contributed by atoms with E-state index in [-0.39, 0.29) is 19.4 Å². The standard InChI is InChI=1S/C19H23NO4/c1-14(16-5-3-2-4-6-16)20-10-17(21)12-22-11-15-7-8-18-19(9-15)24-13-23-18/h2-9,14,17,20-21H,10-13H2,1H3/t14-,17-/m0/s1. The van der Waals surface area contributed by atoms with Crippen LogP contribution in [-0.4, -0.2) is 31.2 Å². The predicted octanol–water partition coefficient (Wildman–Crippen LogP) is 2.64. The van der Waals surface area contributed by atoms with Gasteiger partial charge in [0.2, 0.25) is 6.79 Å². The summed E-state index contributed by atoms with van der Waals surface area (Å²) in [5.41, 5.74) is 2.20. The summed E-state index contributed by atoms with van der Waals surface area (Å²) in [5.74, 6) is 1.51. The lowest BCUT2D eigenvalue weighted by atomic mass is 10.1. The Hall–Kier alpha value is -2.08. The molecule has 5 nitrogen and oxygen atoms in total. The van der Waals surface area contributed by atoms with Gasteiger partial charge < -0.3 is 24.6 Å². The molecule has 0 spiro atoms. The van der Waals surface area contributed by atoms with E-state index in [4.69, 9.17) is 14.2 Å². The zero-order chi connectivity index (χ0) is 16.8. The van der Waals surface area contributed by atoms with Crippen LogP contribution in [0.2, 0.25) is 0 Å². The predicted molar refractivity (Wildman–Crippen MR) is 91.1 cm³/mol. The highest BCUT2D eigenvalue weighted by atomic mass is 16.7. The molecule has 128 valence electrons. The van der Waals surface area contributed by atoms with Crippen molar-refractivity contribution in [3.8, 4) is 11.5 Å². The fourth-order valence-corrected chi connectivity index (χ4v) is 2.57. The topological polar surface area (TPSA) is 60.0 Å². The van der Waals surface area contributed by atoms with Gasteiger partial charge in [0.25, 0.3) is 0 Å². The van der Waals surface area contributed by atoms with E-state index in [0.717, 1.165) is 17.1 Å². The second-order valence-electron chi connectivity index (χ2n) is 5.90. The molecule has 0 saturated carbocycles. The zero-order valence-corrected chi connectivity index (χ0v) is 13.8. The maximum Gasteiger partial charge on any atom is 0.231 e. The van der Waals surface area contributed by atoms with Crippen molar-refractivity contribution in [1.82, 2.24) is 5.32 Å². The Bertz CT molecular complexity index is 647. The van der Waals surface area contributed by atoms with E-state index >= 15 is 0 Å². The number of fused-ring (bicyclic) bond motifs is 1. The van der Waals surface area contributed by atoms with Crippen molar-refractivity contribution < 1.29 is 19.3 Å². The number of aliphatic hydroxyl groups is 1. The highest BCUT2D eigenvalue weighted by Gasteiger charge is 2.13. The molecule has 5 heteroatoms. The molecule has 2 N–H and O–H groups in total. The summed E-state index contributed by atoms with van der Waals surface area (Å²) >= 11 is 0.